The third kappa shape index (κ3) is 5.29. The normalized spacial score (nSPS) is 23.3. The van der Waals surface area contributed by atoms with Crippen LogP contribution in [-0.2, 0) is 11.3 Å². The first-order chi connectivity index (χ1) is 18.9. The summed E-state index contributed by atoms with van der Waals surface area (Å²) >= 11 is -0.0692. The van der Waals surface area contributed by atoms with Crippen LogP contribution in [0.25, 0.3) is 30.8 Å². The van der Waals surface area contributed by atoms with Gasteiger partial charge in [0.25, 0.3) is 0 Å². The molecule has 8 nitrogen and oxygen atoms in total. The number of aliphatic hydroxyl groups excluding tert-OH is 5. The number of ether oxygens (including phenoxy) is 2. The van der Waals surface area contributed by atoms with Crippen molar-refractivity contribution < 1.29 is 35.0 Å². The first-order valence-electron chi connectivity index (χ1n) is 13.1. The van der Waals surface area contributed by atoms with Crippen LogP contribution < -0.4 is 14.7 Å². The molecule has 2 aromatic rings. The van der Waals surface area contributed by atoms with E-state index < -0.39 is 37.3 Å². The van der Waals surface area contributed by atoms with Crippen molar-refractivity contribution in [2.75, 3.05) is 19.7 Å². The topological polar surface area (TPSA) is 123 Å². The Bertz CT molecular complexity index is 1490. The summed E-state index contributed by atoms with van der Waals surface area (Å²) in [6, 6.07) is 20.1. The second-order valence-corrected chi connectivity index (χ2v) is 11.9. The van der Waals surface area contributed by atoms with Gasteiger partial charge in [-0.3, -0.25) is 0 Å². The van der Waals surface area contributed by atoms with Crippen molar-refractivity contribution in [2.24, 2.45) is 0 Å². The molecule has 0 amide bonds. The molecule has 2 heterocycles. The number of aliphatic hydroxyl groups is 5. The Morgan fingerprint density at radius 2 is 1.64 bits per heavy atom. The second-order valence-electron chi connectivity index (χ2n) is 9.62. The Balaban J connectivity index is 1.68. The Morgan fingerprint density at radius 1 is 0.872 bits per heavy atom. The van der Waals surface area contributed by atoms with E-state index in [0.29, 0.717) is 5.75 Å². The molecule has 9 heteroatoms. The third-order valence-corrected chi connectivity index (χ3v) is 9.70. The van der Waals surface area contributed by atoms with Crippen LogP contribution in [0.4, 0.5) is 0 Å². The van der Waals surface area contributed by atoms with E-state index in [1.54, 1.807) is 6.07 Å². The van der Waals surface area contributed by atoms with Gasteiger partial charge in [-0.05, 0) is 0 Å². The van der Waals surface area contributed by atoms with Gasteiger partial charge in [-0.25, -0.2) is 0 Å². The Hall–Kier alpha value is -2.59. The summed E-state index contributed by atoms with van der Waals surface area (Å²) in [6.45, 7) is 5.49. The average Bonchev–Trinajstić information content (AvgIpc) is 2.96. The number of nitrogens with zero attached hydrogens (tertiary/aromatic N) is 1. The van der Waals surface area contributed by atoms with Crippen molar-refractivity contribution in [1.29, 1.82) is 0 Å². The molecule has 2 aromatic carbocycles. The van der Waals surface area contributed by atoms with Gasteiger partial charge < -0.3 is 0 Å². The first-order valence-corrected chi connectivity index (χ1v) is 14.9. The molecule has 0 saturated carbocycles. The second kappa shape index (κ2) is 11.9. The third-order valence-electron chi connectivity index (χ3n) is 7.36. The molecule has 206 valence electrons. The number of hydrogen-bond donors (Lipinski definition) is 5. The van der Waals surface area contributed by atoms with E-state index >= 15 is 0 Å². The van der Waals surface area contributed by atoms with Crippen LogP contribution in [0.15, 0.2) is 60.7 Å². The van der Waals surface area contributed by atoms with Crippen molar-refractivity contribution >= 4 is 24.1 Å². The fourth-order valence-electron chi connectivity index (χ4n) is 5.21. The molecular weight excluding hydrogens is 565 g/mol. The SMILES string of the molecule is CC[N+](CC)=c1ccc2c(-c3ccccc3CO)c3ccc(O[C@@H]4O[C@H](CO)[C@H](O)[C@H](O)[C@H]4O)cc3[se]c-2c1. The fraction of sp³-hybridized carbons (Fsp3) is 0.367. The van der Waals surface area contributed by atoms with Gasteiger partial charge >= 0.3 is 233 Å². The van der Waals surface area contributed by atoms with Gasteiger partial charge in [0.05, 0.1) is 0 Å². The molecule has 0 radical (unpaired) electrons. The quantitative estimate of drug-likeness (QED) is 0.123. The molecule has 5 rings (SSSR count). The Labute approximate surface area is 232 Å². The molecule has 0 bridgehead atoms. The molecule has 0 aromatic heterocycles. The van der Waals surface area contributed by atoms with Crippen LogP contribution in [0.2, 0.25) is 0 Å². The predicted molar refractivity (Wildman–Crippen MR) is 150 cm³/mol. The Kier molecular flexibility index (Phi) is 8.52. The summed E-state index contributed by atoms with van der Waals surface area (Å²) in [7, 11) is 0. The zero-order chi connectivity index (χ0) is 27.7. The minimum atomic E-state index is -1.51. The van der Waals surface area contributed by atoms with E-state index in [2.05, 4.69) is 36.6 Å². The van der Waals surface area contributed by atoms with Crippen LogP contribution in [0.5, 0.6) is 5.75 Å². The zero-order valence-electron chi connectivity index (χ0n) is 21.9. The minimum absolute atomic E-state index is 0.0692. The summed E-state index contributed by atoms with van der Waals surface area (Å²) in [5.41, 5.74) is 4.00. The molecule has 0 unspecified atom stereocenters. The van der Waals surface area contributed by atoms with Gasteiger partial charge in [-0.15, -0.1) is 0 Å². The molecule has 1 saturated heterocycles. The molecule has 5 N–H and O–H groups in total. The van der Waals surface area contributed by atoms with Gasteiger partial charge in [0.1, 0.15) is 0 Å². The van der Waals surface area contributed by atoms with E-state index in [1.165, 1.54) is 4.44 Å². The van der Waals surface area contributed by atoms with Crippen LogP contribution in [0.1, 0.15) is 19.4 Å². The van der Waals surface area contributed by atoms with Gasteiger partial charge in [-0.1, -0.05) is 0 Å². The average molecular weight is 600 g/mol. The molecule has 39 heavy (non-hydrogen) atoms. The van der Waals surface area contributed by atoms with Crippen molar-refractivity contribution in [2.45, 2.75) is 51.2 Å². The number of hydrogen-bond acceptors (Lipinski definition) is 7. The zero-order valence-corrected chi connectivity index (χ0v) is 23.6. The predicted octanol–water partition coefficient (Wildman–Crippen LogP) is 1.15. The number of rotatable bonds is 7. The molecule has 5 atom stereocenters. The molecule has 0 spiro atoms. The van der Waals surface area contributed by atoms with Gasteiger partial charge in [0.15, 0.2) is 0 Å². The van der Waals surface area contributed by atoms with Crippen molar-refractivity contribution in [1.82, 2.24) is 4.58 Å². The monoisotopic (exact) mass is 600 g/mol. The van der Waals surface area contributed by atoms with Crippen LogP contribution in [0.3, 0.4) is 0 Å². The molecule has 3 aliphatic rings. The summed E-state index contributed by atoms with van der Waals surface area (Å²) in [6.07, 6.45) is -6.74. The Morgan fingerprint density at radius 3 is 2.36 bits per heavy atom. The molecule has 1 aliphatic carbocycles. The summed E-state index contributed by atoms with van der Waals surface area (Å²) in [4.78, 5) is 0. The van der Waals surface area contributed by atoms with Crippen LogP contribution >= 0.6 is 0 Å². The molecule has 2 aliphatic heterocycles. The van der Waals surface area contributed by atoms with E-state index in [9.17, 15) is 25.5 Å². The molecular formula is C30H34NO7Se+. The van der Waals surface area contributed by atoms with E-state index in [1.807, 2.05) is 36.4 Å². The summed E-state index contributed by atoms with van der Waals surface area (Å²) in [5.74, 6) is 0.443. The van der Waals surface area contributed by atoms with Crippen LogP contribution in [0, 0.1) is 0 Å². The maximum absolute atomic E-state index is 10.5. The maximum atomic E-state index is 10.5. The van der Waals surface area contributed by atoms with Gasteiger partial charge in [-0.2, -0.15) is 0 Å². The van der Waals surface area contributed by atoms with E-state index in [4.69, 9.17) is 9.47 Å². The van der Waals surface area contributed by atoms with Crippen molar-refractivity contribution in [3.05, 3.63) is 71.6 Å². The van der Waals surface area contributed by atoms with Crippen molar-refractivity contribution in [3.63, 3.8) is 0 Å². The first kappa shape index (κ1) is 28.0. The van der Waals surface area contributed by atoms with E-state index in [0.717, 1.165) is 50.3 Å². The number of benzene rings is 3. The molecule has 1 fully saturated rings. The van der Waals surface area contributed by atoms with Crippen molar-refractivity contribution in [3.8, 4) is 26.9 Å². The number of fused-ring (bicyclic) bond motifs is 2. The summed E-state index contributed by atoms with van der Waals surface area (Å²) < 4.78 is 16.1. The fourth-order valence-corrected chi connectivity index (χ4v) is 7.63. The summed E-state index contributed by atoms with van der Waals surface area (Å²) in [5, 5.41) is 52.6. The van der Waals surface area contributed by atoms with Gasteiger partial charge in [0.2, 0.25) is 0 Å². The van der Waals surface area contributed by atoms with E-state index in [-0.39, 0.29) is 21.1 Å². The van der Waals surface area contributed by atoms with Gasteiger partial charge in [0, 0.05) is 0 Å². The van der Waals surface area contributed by atoms with Crippen LogP contribution in [-0.4, -0.2) is 90.4 Å². The standard InChI is InChI=1S/C30H34NO7Se/c1-3-31(4-2)18-9-11-21-24(13-18)39-25-14-19(37-30-29(36)28(35)27(34)23(16-33)38-30)10-12-22(25)26(21)20-8-6-5-7-17(20)15-32/h5-14,23,27-30,32-36H,3-4,15-16H2,1-2H3/q+1/t23-,27+,28+,29-,30-/m1/s1.